The SMILES string of the molecule is Cc1cc(C)nc(N2CCCN(C(=O)c3cccnc3OC(C)C)CC2)n1. The molecule has 0 aromatic carbocycles. The largest absolute Gasteiger partial charge is 0.474 e. The van der Waals surface area contributed by atoms with E-state index in [1.54, 1.807) is 18.3 Å². The Morgan fingerprint density at radius 3 is 2.56 bits per heavy atom. The number of aryl methyl sites for hydroxylation is 2. The Morgan fingerprint density at radius 1 is 1.11 bits per heavy atom. The predicted molar refractivity (Wildman–Crippen MR) is 104 cm³/mol. The lowest BCUT2D eigenvalue weighted by atomic mass is 10.2. The second kappa shape index (κ2) is 8.33. The van der Waals surface area contributed by atoms with Crippen LogP contribution in [0.15, 0.2) is 24.4 Å². The fourth-order valence-electron chi connectivity index (χ4n) is 3.21. The highest BCUT2D eigenvalue weighted by molar-refractivity contribution is 5.96. The maximum absolute atomic E-state index is 13.1. The number of hydrogen-bond acceptors (Lipinski definition) is 6. The molecule has 27 heavy (non-hydrogen) atoms. The van der Waals surface area contributed by atoms with Crippen molar-refractivity contribution in [2.75, 3.05) is 31.1 Å². The van der Waals surface area contributed by atoms with E-state index in [1.807, 2.05) is 38.7 Å². The molecule has 1 fully saturated rings. The van der Waals surface area contributed by atoms with E-state index in [1.165, 1.54) is 0 Å². The van der Waals surface area contributed by atoms with E-state index in [0.29, 0.717) is 31.1 Å². The molecule has 1 aliphatic heterocycles. The fourth-order valence-corrected chi connectivity index (χ4v) is 3.21. The summed E-state index contributed by atoms with van der Waals surface area (Å²) < 4.78 is 5.72. The van der Waals surface area contributed by atoms with Crippen LogP contribution in [0.25, 0.3) is 0 Å². The highest BCUT2D eigenvalue weighted by Gasteiger charge is 2.24. The first-order valence-corrected chi connectivity index (χ1v) is 9.42. The number of aromatic nitrogens is 3. The van der Waals surface area contributed by atoms with Crippen molar-refractivity contribution in [1.82, 2.24) is 19.9 Å². The molecule has 7 nitrogen and oxygen atoms in total. The van der Waals surface area contributed by atoms with Gasteiger partial charge in [-0.2, -0.15) is 0 Å². The van der Waals surface area contributed by atoms with Crippen LogP contribution >= 0.6 is 0 Å². The number of carbonyl (C=O) groups is 1. The zero-order valence-electron chi connectivity index (χ0n) is 16.5. The Labute approximate surface area is 160 Å². The third-order valence-electron chi connectivity index (χ3n) is 4.39. The summed E-state index contributed by atoms with van der Waals surface area (Å²) in [5.41, 5.74) is 2.43. The molecule has 0 N–H and O–H groups in total. The molecule has 1 saturated heterocycles. The van der Waals surface area contributed by atoms with Gasteiger partial charge in [0.2, 0.25) is 11.8 Å². The summed E-state index contributed by atoms with van der Waals surface area (Å²) in [6.07, 6.45) is 2.48. The Balaban J connectivity index is 1.74. The van der Waals surface area contributed by atoms with Crippen LogP contribution in [0.2, 0.25) is 0 Å². The molecule has 3 heterocycles. The number of anilines is 1. The molecule has 2 aromatic heterocycles. The number of hydrogen-bond donors (Lipinski definition) is 0. The van der Waals surface area contributed by atoms with Crippen LogP contribution in [0.4, 0.5) is 5.95 Å². The first-order chi connectivity index (χ1) is 12.9. The summed E-state index contributed by atoms with van der Waals surface area (Å²) in [5.74, 6) is 1.10. The van der Waals surface area contributed by atoms with Gasteiger partial charge in [0.1, 0.15) is 5.56 Å². The topological polar surface area (TPSA) is 71.5 Å². The van der Waals surface area contributed by atoms with Crippen molar-refractivity contribution in [1.29, 1.82) is 0 Å². The van der Waals surface area contributed by atoms with Gasteiger partial charge in [-0.25, -0.2) is 15.0 Å². The second-order valence-electron chi connectivity index (χ2n) is 7.11. The smallest absolute Gasteiger partial charge is 0.259 e. The summed E-state index contributed by atoms with van der Waals surface area (Å²) >= 11 is 0. The van der Waals surface area contributed by atoms with E-state index in [-0.39, 0.29) is 12.0 Å². The maximum atomic E-state index is 13.1. The van der Waals surface area contributed by atoms with Gasteiger partial charge in [0.05, 0.1) is 6.10 Å². The van der Waals surface area contributed by atoms with Gasteiger partial charge in [-0.3, -0.25) is 4.79 Å². The highest BCUT2D eigenvalue weighted by Crippen LogP contribution is 2.20. The van der Waals surface area contributed by atoms with E-state index in [2.05, 4.69) is 19.9 Å². The van der Waals surface area contributed by atoms with Gasteiger partial charge < -0.3 is 14.5 Å². The molecule has 0 bridgehead atoms. The maximum Gasteiger partial charge on any atom is 0.259 e. The number of rotatable bonds is 4. The van der Waals surface area contributed by atoms with Crippen molar-refractivity contribution in [3.05, 3.63) is 41.3 Å². The molecule has 0 radical (unpaired) electrons. The number of ether oxygens (including phenoxy) is 1. The number of pyridine rings is 1. The molecule has 0 saturated carbocycles. The predicted octanol–water partition coefficient (Wildman–Crippen LogP) is 2.63. The molecule has 1 amide bonds. The number of carbonyl (C=O) groups excluding carboxylic acids is 1. The number of amides is 1. The molecule has 2 aromatic rings. The lowest BCUT2D eigenvalue weighted by molar-refractivity contribution is 0.0759. The third kappa shape index (κ3) is 4.72. The van der Waals surface area contributed by atoms with E-state index < -0.39 is 0 Å². The molecular weight excluding hydrogens is 342 g/mol. The molecule has 0 aliphatic carbocycles. The molecule has 0 unspecified atom stereocenters. The van der Waals surface area contributed by atoms with Crippen molar-refractivity contribution in [2.45, 2.75) is 40.2 Å². The molecule has 3 rings (SSSR count). The van der Waals surface area contributed by atoms with Gasteiger partial charge in [-0.1, -0.05) is 0 Å². The molecule has 144 valence electrons. The molecular formula is C20H27N5O2. The van der Waals surface area contributed by atoms with Gasteiger partial charge in [0, 0.05) is 43.8 Å². The van der Waals surface area contributed by atoms with Crippen LogP contribution in [-0.2, 0) is 0 Å². The summed E-state index contributed by atoms with van der Waals surface area (Å²) in [5, 5.41) is 0. The first-order valence-electron chi connectivity index (χ1n) is 9.42. The molecule has 0 spiro atoms. The van der Waals surface area contributed by atoms with E-state index >= 15 is 0 Å². The highest BCUT2D eigenvalue weighted by atomic mass is 16.5. The summed E-state index contributed by atoms with van der Waals surface area (Å²) in [6, 6.07) is 5.52. The average molecular weight is 369 g/mol. The summed E-state index contributed by atoms with van der Waals surface area (Å²) in [7, 11) is 0. The molecule has 7 heteroatoms. The van der Waals surface area contributed by atoms with E-state index in [4.69, 9.17) is 4.74 Å². The van der Waals surface area contributed by atoms with Gasteiger partial charge in [-0.15, -0.1) is 0 Å². The summed E-state index contributed by atoms with van der Waals surface area (Å²) in [6.45, 7) is 10.6. The van der Waals surface area contributed by atoms with Crippen LogP contribution in [-0.4, -0.2) is 58.0 Å². The monoisotopic (exact) mass is 369 g/mol. The van der Waals surface area contributed by atoms with Crippen molar-refractivity contribution in [3.63, 3.8) is 0 Å². The lowest BCUT2D eigenvalue weighted by Gasteiger charge is -2.23. The summed E-state index contributed by atoms with van der Waals surface area (Å²) in [4.78, 5) is 30.4. The first kappa shape index (κ1) is 19.1. The van der Waals surface area contributed by atoms with Crippen molar-refractivity contribution >= 4 is 11.9 Å². The molecule has 0 atom stereocenters. The van der Waals surface area contributed by atoms with Gasteiger partial charge in [0.15, 0.2) is 0 Å². The standard InChI is InChI=1S/C20H27N5O2/c1-14(2)27-18-17(7-5-8-21-18)19(26)24-9-6-10-25(12-11-24)20-22-15(3)13-16(4)23-20/h5,7-8,13-14H,6,9-12H2,1-4H3. The van der Waals surface area contributed by atoms with Gasteiger partial charge in [-0.05, 0) is 52.3 Å². The normalized spacial score (nSPS) is 15.0. The van der Waals surface area contributed by atoms with Crippen molar-refractivity contribution in [3.8, 4) is 5.88 Å². The second-order valence-corrected chi connectivity index (χ2v) is 7.11. The zero-order chi connectivity index (χ0) is 19.4. The van der Waals surface area contributed by atoms with Gasteiger partial charge >= 0.3 is 0 Å². The minimum absolute atomic E-state index is 0.0345. The Bertz CT molecular complexity index is 788. The van der Waals surface area contributed by atoms with Crippen LogP contribution in [0.3, 0.4) is 0 Å². The van der Waals surface area contributed by atoms with Crippen LogP contribution in [0, 0.1) is 13.8 Å². The van der Waals surface area contributed by atoms with Crippen molar-refractivity contribution < 1.29 is 9.53 Å². The van der Waals surface area contributed by atoms with Crippen LogP contribution in [0.1, 0.15) is 42.0 Å². The average Bonchev–Trinajstić information content (AvgIpc) is 2.86. The Hall–Kier alpha value is -2.70. The Kier molecular flexibility index (Phi) is 5.88. The van der Waals surface area contributed by atoms with Crippen LogP contribution in [0.5, 0.6) is 5.88 Å². The van der Waals surface area contributed by atoms with Gasteiger partial charge in [0.25, 0.3) is 5.91 Å². The quantitative estimate of drug-likeness (QED) is 0.825. The lowest BCUT2D eigenvalue weighted by Crippen LogP contribution is -2.36. The van der Waals surface area contributed by atoms with E-state index in [0.717, 1.165) is 30.3 Å². The minimum Gasteiger partial charge on any atom is -0.474 e. The minimum atomic E-state index is -0.0399. The molecule has 1 aliphatic rings. The van der Waals surface area contributed by atoms with E-state index in [9.17, 15) is 4.79 Å². The fraction of sp³-hybridized carbons (Fsp3) is 0.500. The van der Waals surface area contributed by atoms with Crippen LogP contribution < -0.4 is 9.64 Å². The zero-order valence-corrected chi connectivity index (χ0v) is 16.5. The number of nitrogens with zero attached hydrogens (tertiary/aromatic N) is 5. The Morgan fingerprint density at radius 2 is 1.85 bits per heavy atom. The van der Waals surface area contributed by atoms with Crippen molar-refractivity contribution in [2.24, 2.45) is 0 Å². The third-order valence-corrected chi connectivity index (χ3v) is 4.39.